The Morgan fingerprint density at radius 1 is 0.812 bits per heavy atom. The first-order valence-electron chi connectivity index (χ1n) is 9.24. The highest BCUT2D eigenvalue weighted by Crippen LogP contribution is 2.38. The lowest BCUT2D eigenvalue weighted by Crippen LogP contribution is -2.09. The van der Waals surface area contributed by atoms with Gasteiger partial charge >= 0.3 is 11.9 Å². The van der Waals surface area contributed by atoms with E-state index in [1.54, 1.807) is 41.0 Å². The van der Waals surface area contributed by atoms with Gasteiger partial charge in [-0.1, -0.05) is 46.9 Å². The summed E-state index contributed by atoms with van der Waals surface area (Å²) in [6.45, 7) is 0.187. The monoisotopic (exact) mass is 489 g/mol. The summed E-state index contributed by atoms with van der Waals surface area (Å²) in [5.74, 6) is -1.49. The van der Waals surface area contributed by atoms with Crippen LogP contribution in [0.3, 0.4) is 0 Å². The number of ether oxygens (including phenoxy) is 1. The quantitative estimate of drug-likeness (QED) is 0.309. The van der Waals surface area contributed by atoms with E-state index in [0.29, 0.717) is 37.5 Å². The molecule has 0 unspecified atom stereocenters. The maximum atomic E-state index is 12.0. The SMILES string of the molecule is O=C(O)c1ccc(Cn2c(C(=O)O)cc3c(Oc4ccc(Cl)cc4Cl)cc(Cl)cc32)cc1. The Morgan fingerprint density at radius 2 is 1.53 bits per heavy atom. The van der Waals surface area contributed by atoms with E-state index in [1.807, 2.05) is 0 Å². The summed E-state index contributed by atoms with van der Waals surface area (Å²) >= 11 is 18.5. The Labute approximate surface area is 197 Å². The van der Waals surface area contributed by atoms with Crippen molar-refractivity contribution < 1.29 is 24.5 Å². The van der Waals surface area contributed by atoms with Crippen molar-refractivity contribution in [3.8, 4) is 11.5 Å². The van der Waals surface area contributed by atoms with Gasteiger partial charge in [-0.25, -0.2) is 9.59 Å². The molecule has 2 N–H and O–H groups in total. The van der Waals surface area contributed by atoms with Crippen molar-refractivity contribution in [1.82, 2.24) is 4.57 Å². The van der Waals surface area contributed by atoms with Gasteiger partial charge in [0.15, 0.2) is 0 Å². The molecule has 0 bridgehead atoms. The first kappa shape index (κ1) is 22.0. The number of rotatable bonds is 6. The first-order valence-corrected chi connectivity index (χ1v) is 10.4. The molecule has 9 heteroatoms. The number of carboxylic acids is 2. The summed E-state index contributed by atoms with van der Waals surface area (Å²) in [6, 6.07) is 15.7. The molecule has 3 aromatic carbocycles. The Hall–Kier alpha value is -3.19. The topological polar surface area (TPSA) is 88.8 Å². The average molecular weight is 491 g/mol. The largest absolute Gasteiger partial charge is 0.478 e. The van der Waals surface area contributed by atoms with Crippen LogP contribution in [0.5, 0.6) is 11.5 Å². The molecule has 32 heavy (non-hydrogen) atoms. The van der Waals surface area contributed by atoms with Gasteiger partial charge in [0, 0.05) is 28.0 Å². The van der Waals surface area contributed by atoms with Crippen LogP contribution in [0.1, 0.15) is 26.4 Å². The summed E-state index contributed by atoms with van der Waals surface area (Å²) in [5.41, 5.74) is 1.43. The third-order valence-electron chi connectivity index (χ3n) is 4.82. The lowest BCUT2D eigenvalue weighted by Gasteiger charge is -2.12. The fraction of sp³-hybridized carbons (Fsp3) is 0.0435. The van der Waals surface area contributed by atoms with Crippen LogP contribution in [0, 0.1) is 0 Å². The van der Waals surface area contributed by atoms with Crippen molar-refractivity contribution in [1.29, 1.82) is 0 Å². The van der Waals surface area contributed by atoms with Gasteiger partial charge < -0.3 is 19.5 Å². The molecule has 0 aliphatic rings. The number of aromatic carboxylic acids is 2. The minimum Gasteiger partial charge on any atom is -0.478 e. The number of hydrogen-bond donors (Lipinski definition) is 2. The van der Waals surface area contributed by atoms with Crippen LogP contribution in [-0.4, -0.2) is 26.7 Å². The van der Waals surface area contributed by atoms with E-state index in [9.17, 15) is 14.7 Å². The van der Waals surface area contributed by atoms with Crippen molar-refractivity contribution in [3.05, 3.63) is 92.6 Å². The maximum Gasteiger partial charge on any atom is 0.352 e. The van der Waals surface area contributed by atoms with Crippen LogP contribution in [0.15, 0.2) is 60.7 Å². The van der Waals surface area contributed by atoms with E-state index in [0.717, 1.165) is 5.56 Å². The molecule has 1 aromatic heterocycles. The molecule has 162 valence electrons. The standard InChI is InChI=1S/C23H14Cl3NO5/c24-14-5-6-20(17(26)7-14)32-21-9-15(25)8-18-16(21)10-19(23(30)31)27(18)11-12-1-3-13(4-2-12)22(28)29/h1-10H,11H2,(H,28,29)(H,30,31). The van der Waals surface area contributed by atoms with E-state index < -0.39 is 11.9 Å². The van der Waals surface area contributed by atoms with Crippen molar-refractivity contribution in [3.63, 3.8) is 0 Å². The molecule has 0 fully saturated rings. The van der Waals surface area contributed by atoms with Crippen molar-refractivity contribution >= 4 is 57.6 Å². The van der Waals surface area contributed by atoms with E-state index in [4.69, 9.17) is 44.6 Å². The molecule has 0 atom stereocenters. The Bertz CT molecular complexity index is 1360. The van der Waals surface area contributed by atoms with Crippen LogP contribution in [0.4, 0.5) is 0 Å². The molecule has 6 nitrogen and oxygen atoms in total. The number of hydrogen-bond acceptors (Lipinski definition) is 3. The summed E-state index contributed by atoms with van der Waals surface area (Å²) in [5, 5.41) is 20.5. The average Bonchev–Trinajstić information content (AvgIpc) is 3.09. The van der Waals surface area contributed by atoms with Gasteiger partial charge in [0.2, 0.25) is 0 Å². The van der Waals surface area contributed by atoms with Gasteiger partial charge in [0.1, 0.15) is 17.2 Å². The molecule has 0 saturated carbocycles. The van der Waals surface area contributed by atoms with Gasteiger partial charge in [-0.05, 0) is 48.0 Å². The van der Waals surface area contributed by atoms with Crippen LogP contribution in [-0.2, 0) is 6.54 Å². The second kappa shape index (κ2) is 8.74. The second-order valence-corrected chi connectivity index (χ2v) is 8.22. The fourth-order valence-corrected chi connectivity index (χ4v) is 3.99. The van der Waals surface area contributed by atoms with E-state index in [1.165, 1.54) is 24.3 Å². The third kappa shape index (κ3) is 4.39. The molecule has 0 saturated heterocycles. The van der Waals surface area contributed by atoms with E-state index >= 15 is 0 Å². The summed E-state index contributed by atoms with van der Waals surface area (Å²) in [6.07, 6.45) is 0. The predicted molar refractivity (Wildman–Crippen MR) is 123 cm³/mol. The van der Waals surface area contributed by atoms with Gasteiger partial charge in [-0.2, -0.15) is 0 Å². The van der Waals surface area contributed by atoms with Crippen molar-refractivity contribution in [2.45, 2.75) is 6.54 Å². The third-order valence-corrected chi connectivity index (χ3v) is 5.57. The highest BCUT2D eigenvalue weighted by molar-refractivity contribution is 6.35. The van der Waals surface area contributed by atoms with Gasteiger partial charge in [-0.15, -0.1) is 0 Å². The molecule has 4 aromatic rings. The molecule has 4 rings (SSSR count). The van der Waals surface area contributed by atoms with Gasteiger partial charge in [0.25, 0.3) is 0 Å². The smallest absolute Gasteiger partial charge is 0.352 e. The minimum absolute atomic E-state index is 0.0247. The molecule has 0 spiro atoms. The van der Waals surface area contributed by atoms with Gasteiger partial charge in [0.05, 0.1) is 16.1 Å². The van der Waals surface area contributed by atoms with Crippen LogP contribution >= 0.6 is 34.8 Å². The minimum atomic E-state index is -1.13. The number of aromatic nitrogens is 1. The number of carboxylic acid groups (broad SMARTS) is 2. The molecule has 1 heterocycles. The first-order chi connectivity index (χ1) is 15.2. The van der Waals surface area contributed by atoms with Crippen molar-refractivity contribution in [2.75, 3.05) is 0 Å². The summed E-state index contributed by atoms with van der Waals surface area (Å²) in [4.78, 5) is 23.0. The zero-order valence-corrected chi connectivity index (χ0v) is 18.4. The molecule has 0 amide bonds. The van der Waals surface area contributed by atoms with Crippen LogP contribution in [0.2, 0.25) is 15.1 Å². The van der Waals surface area contributed by atoms with E-state index in [-0.39, 0.29) is 17.8 Å². The lowest BCUT2D eigenvalue weighted by atomic mass is 10.1. The summed E-state index contributed by atoms with van der Waals surface area (Å²) < 4.78 is 7.53. The second-order valence-electron chi connectivity index (χ2n) is 6.94. The van der Waals surface area contributed by atoms with Crippen LogP contribution < -0.4 is 4.74 Å². The molecular formula is C23H14Cl3NO5. The van der Waals surface area contributed by atoms with E-state index in [2.05, 4.69) is 0 Å². The number of fused-ring (bicyclic) bond motifs is 1. The normalized spacial score (nSPS) is 11.0. The highest BCUT2D eigenvalue weighted by atomic mass is 35.5. The number of benzene rings is 3. The molecular weight excluding hydrogens is 477 g/mol. The number of halogens is 3. The number of carbonyl (C=O) groups is 2. The molecule has 0 radical (unpaired) electrons. The zero-order chi connectivity index (χ0) is 23.0. The Morgan fingerprint density at radius 3 is 2.16 bits per heavy atom. The fourth-order valence-electron chi connectivity index (χ4n) is 3.34. The highest BCUT2D eigenvalue weighted by Gasteiger charge is 2.20. The Balaban J connectivity index is 1.81. The van der Waals surface area contributed by atoms with Gasteiger partial charge in [-0.3, -0.25) is 0 Å². The Kier molecular flexibility index (Phi) is 6.02. The zero-order valence-electron chi connectivity index (χ0n) is 16.2. The van der Waals surface area contributed by atoms with Crippen molar-refractivity contribution in [2.24, 2.45) is 0 Å². The lowest BCUT2D eigenvalue weighted by molar-refractivity contribution is 0.0680. The molecule has 0 aliphatic heterocycles. The van der Waals surface area contributed by atoms with Crippen LogP contribution in [0.25, 0.3) is 10.9 Å². The maximum absolute atomic E-state index is 12.0. The predicted octanol–water partition coefficient (Wildman–Crippen LogP) is 6.84. The molecule has 0 aliphatic carbocycles. The summed E-state index contributed by atoms with van der Waals surface area (Å²) in [7, 11) is 0. The number of nitrogens with zero attached hydrogens (tertiary/aromatic N) is 1.